The van der Waals surface area contributed by atoms with Gasteiger partial charge >= 0.3 is 0 Å². The lowest BCUT2D eigenvalue weighted by atomic mass is 10.1. The minimum absolute atomic E-state index is 0.449. The van der Waals surface area contributed by atoms with Gasteiger partial charge in [0.25, 0.3) is 0 Å². The second-order valence-corrected chi connectivity index (χ2v) is 5.13. The van der Waals surface area contributed by atoms with Gasteiger partial charge < -0.3 is 5.11 Å². The fourth-order valence-corrected chi connectivity index (χ4v) is 2.73. The molecule has 1 saturated heterocycles. The van der Waals surface area contributed by atoms with E-state index in [1.165, 1.54) is 12.8 Å². The van der Waals surface area contributed by atoms with E-state index in [-0.39, 0.29) is 0 Å². The van der Waals surface area contributed by atoms with Crippen molar-refractivity contribution >= 4 is 15.9 Å². The SMILES string of the molecule is Cc1cc(Br)cc(CN2CCCC2)c1O. The van der Waals surface area contributed by atoms with Crippen LogP contribution in [-0.4, -0.2) is 23.1 Å². The van der Waals surface area contributed by atoms with Crippen LogP contribution in [-0.2, 0) is 6.54 Å². The number of rotatable bonds is 2. The van der Waals surface area contributed by atoms with Gasteiger partial charge in [-0.15, -0.1) is 0 Å². The van der Waals surface area contributed by atoms with Gasteiger partial charge in [-0.25, -0.2) is 0 Å². The molecule has 1 heterocycles. The third-order valence-electron chi connectivity index (χ3n) is 2.94. The molecule has 0 bridgehead atoms. The third-order valence-corrected chi connectivity index (χ3v) is 3.39. The van der Waals surface area contributed by atoms with E-state index in [4.69, 9.17) is 0 Å². The molecule has 2 rings (SSSR count). The highest BCUT2D eigenvalue weighted by molar-refractivity contribution is 9.10. The Bertz CT molecular complexity index is 359. The van der Waals surface area contributed by atoms with Crippen molar-refractivity contribution < 1.29 is 5.11 Å². The second-order valence-electron chi connectivity index (χ2n) is 4.21. The highest BCUT2D eigenvalue weighted by atomic mass is 79.9. The van der Waals surface area contributed by atoms with E-state index >= 15 is 0 Å². The van der Waals surface area contributed by atoms with E-state index in [0.717, 1.165) is 35.2 Å². The van der Waals surface area contributed by atoms with Gasteiger partial charge in [0.05, 0.1) is 0 Å². The Kier molecular flexibility index (Phi) is 3.32. The average molecular weight is 270 g/mol. The number of aryl methyl sites for hydroxylation is 1. The molecule has 1 aromatic rings. The van der Waals surface area contributed by atoms with Crippen LogP contribution in [0.15, 0.2) is 16.6 Å². The fourth-order valence-electron chi connectivity index (χ4n) is 2.11. The van der Waals surface area contributed by atoms with Crippen molar-refractivity contribution in [1.29, 1.82) is 0 Å². The van der Waals surface area contributed by atoms with Gasteiger partial charge in [-0.1, -0.05) is 15.9 Å². The molecule has 0 unspecified atom stereocenters. The molecule has 1 fully saturated rings. The van der Waals surface area contributed by atoms with Gasteiger partial charge in [0, 0.05) is 16.6 Å². The lowest BCUT2D eigenvalue weighted by molar-refractivity contribution is 0.323. The summed E-state index contributed by atoms with van der Waals surface area (Å²) in [7, 11) is 0. The van der Waals surface area contributed by atoms with Crippen LogP contribution < -0.4 is 0 Å². The van der Waals surface area contributed by atoms with Crippen molar-refractivity contribution in [1.82, 2.24) is 4.90 Å². The Morgan fingerprint density at radius 2 is 2.00 bits per heavy atom. The second kappa shape index (κ2) is 4.54. The quantitative estimate of drug-likeness (QED) is 0.892. The molecule has 0 atom stereocenters. The molecule has 1 aromatic carbocycles. The number of phenolic OH excluding ortho intramolecular Hbond substituents is 1. The molecule has 0 radical (unpaired) electrons. The maximum absolute atomic E-state index is 9.93. The summed E-state index contributed by atoms with van der Waals surface area (Å²) in [5.41, 5.74) is 1.97. The summed E-state index contributed by atoms with van der Waals surface area (Å²) in [5.74, 6) is 0.449. The number of nitrogens with zero attached hydrogens (tertiary/aromatic N) is 1. The lowest BCUT2D eigenvalue weighted by Gasteiger charge is -2.16. The first-order valence-corrected chi connectivity index (χ1v) is 6.16. The molecule has 0 amide bonds. The van der Waals surface area contributed by atoms with Gasteiger partial charge in [-0.2, -0.15) is 0 Å². The van der Waals surface area contributed by atoms with Gasteiger partial charge in [0.1, 0.15) is 5.75 Å². The number of phenols is 1. The number of aromatic hydroxyl groups is 1. The monoisotopic (exact) mass is 269 g/mol. The summed E-state index contributed by atoms with van der Waals surface area (Å²) in [6.45, 7) is 5.12. The van der Waals surface area contributed by atoms with Crippen molar-refractivity contribution in [3.63, 3.8) is 0 Å². The van der Waals surface area contributed by atoms with Crippen molar-refractivity contribution in [2.75, 3.05) is 13.1 Å². The maximum Gasteiger partial charge on any atom is 0.123 e. The van der Waals surface area contributed by atoms with Crippen LogP contribution in [0.1, 0.15) is 24.0 Å². The third kappa shape index (κ3) is 2.52. The summed E-state index contributed by atoms with van der Waals surface area (Å²) in [6, 6.07) is 3.96. The first kappa shape index (κ1) is 11.0. The number of likely N-dealkylation sites (tertiary alicyclic amines) is 1. The molecule has 3 heteroatoms. The van der Waals surface area contributed by atoms with E-state index in [9.17, 15) is 5.11 Å². The molecular weight excluding hydrogens is 254 g/mol. The van der Waals surface area contributed by atoms with Crippen molar-refractivity contribution in [2.45, 2.75) is 26.3 Å². The molecule has 1 aliphatic heterocycles. The molecule has 0 aliphatic carbocycles. The van der Waals surface area contributed by atoms with Crippen molar-refractivity contribution in [3.05, 3.63) is 27.7 Å². The van der Waals surface area contributed by atoms with E-state index < -0.39 is 0 Å². The number of benzene rings is 1. The number of hydrogen-bond acceptors (Lipinski definition) is 2. The van der Waals surface area contributed by atoms with Crippen LogP contribution in [0.5, 0.6) is 5.75 Å². The van der Waals surface area contributed by atoms with Crippen molar-refractivity contribution in [3.8, 4) is 5.75 Å². The van der Waals surface area contributed by atoms with Gasteiger partial charge in [0.2, 0.25) is 0 Å². The standard InChI is InChI=1S/C12H16BrNO/c1-9-6-11(13)7-10(12(9)15)8-14-4-2-3-5-14/h6-7,15H,2-5,8H2,1H3. The van der Waals surface area contributed by atoms with E-state index in [1.54, 1.807) is 0 Å². The highest BCUT2D eigenvalue weighted by Crippen LogP contribution is 2.28. The first-order valence-electron chi connectivity index (χ1n) is 5.37. The van der Waals surface area contributed by atoms with E-state index in [2.05, 4.69) is 20.8 Å². The number of hydrogen-bond donors (Lipinski definition) is 1. The van der Waals surface area contributed by atoms with Crippen LogP contribution in [0.25, 0.3) is 0 Å². The topological polar surface area (TPSA) is 23.5 Å². The smallest absolute Gasteiger partial charge is 0.123 e. The van der Waals surface area contributed by atoms with Crippen LogP contribution >= 0.6 is 15.9 Å². The number of halogens is 1. The summed E-state index contributed by atoms with van der Waals surface area (Å²) < 4.78 is 1.05. The van der Waals surface area contributed by atoms with Gasteiger partial charge in [-0.05, 0) is 50.6 Å². The Balaban J connectivity index is 2.19. The molecule has 15 heavy (non-hydrogen) atoms. The molecule has 1 N–H and O–H groups in total. The average Bonchev–Trinajstić information content (AvgIpc) is 2.66. The Labute approximate surface area is 99.0 Å². The predicted octanol–water partition coefficient (Wildman–Crippen LogP) is 3.06. The van der Waals surface area contributed by atoms with Gasteiger partial charge in [0.15, 0.2) is 0 Å². The minimum Gasteiger partial charge on any atom is -0.507 e. The lowest BCUT2D eigenvalue weighted by Crippen LogP contribution is -2.18. The molecule has 82 valence electrons. The zero-order valence-corrected chi connectivity index (χ0v) is 10.5. The van der Waals surface area contributed by atoms with Gasteiger partial charge in [-0.3, -0.25) is 4.90 Å². The van der Waals surface area contributed by atoms with Crippen LogP contribution in [0.2, 0.25) is 0 Å². The highest BCUT2D eigenvalue weighted by Gasteiger charge is 2.14. The normalized spacial score (nSPS) is 17.2. The fraction of sp³-hybridized carbons (Fsp3) is 0.500. The van der Waals surface area contributed by atoms with Crippen LogP contribution in [0.4, 0.5) is 0 Å². The molecule has 0 aromatic heterocycles. The predicted molar refractivity (Wildman–Crippen MR) is 65.1 cm³/mol. The molecular formula is C12H16BrNO. The zero-order valence-electron chi connectivity index (χ0n) is 8.96. The van der Waals surface area contributed by atoms with Crippen molar-refractivity contribution in [2.24, 2.45) is 0 Å². The molecule has 1 aliphatic rings. The van der Waals surface area contributed by atoms with Crippen LogP contribution in [0, 0.1) is 6.92 Å². The largest absolute Gasteiger partial charge is 0.507 e. The molecule has 0 spiro atoms. The summed E-state index contributed by atoms with van der Waals surface area (Å²) in [5, 5.41) is 9.93. The first-order chi connectivity index (χ1) is 7.16. The summed E-state index contributed by atoms with van der Waals surface area (Å²) in [6.07, 6.45) is 2.57. The van der Waals surface area contributed by atoms with Crippen LogP contribution in [0.3, 0.4) is 0 Å². The van der Waals surface area contributed by atoms with E-state index in [0.29, 0.717) is 5.75 Å². The Morgan fingerprint density at radius 3 is 2.67 bits per heavy atom. The molecule has 2 nitrogen and oxygen atoms in total. The van der Waals surface area contributed by atoms with E-state index in [1.807, 2.05) is 19.1 Å². The minimum atomic E-state index is 0.449. The molecule has 0 saturated carbocycles. The summed E-state index contributed by atoms with van der Waals surface area (Å²) >= 11 is 3.47. The maximum atomic E-state index is 9.93. The Hall–Kier alpha value is -0.540. The Morgan fingerprint density at radius 1 is 1.33 bits per heavy atom. The zero-order chi connectivity index (χ0) is 10.8. The summed E-state index contributed by atoms with van der Waals surface area (Å²) in [4.78, 5) is 2.39.